The summed E-state index contributed by atoms with van der Waals surface area (Å²) in [5.74, 6) is 1.19. The van der Waals surface area contributed by atoms with Crippen molar-refractivity contribution in [3.63, 3.8) is 0 Å². The van der Waals surface area contributed by atoms with E-state index in [9.17, 15) is 5.11 Å². The number of hydrogen-bond acceptors (Lipinski definition) is 2. The van der Waals surface area contributed by atoms with E-state index in [2.05, 4.69) is 38.1 Å². The average Bonchev–Trinajstić information content (AvgIpc) is 2.26. The number of thioether (sulfide) groups is 1. The summed E-state index contributed by atoms with van der Waals surface area (Å²) in [5.41, 5.74) is 2.08. The van der Waals surface area contributed by atoms with Crippen LogP contribution >= 0.6 is 11.8 Å². The molecule has 1 fully saturated rings. The third-order valence-corrected chi connectivity index (χ3v) is 5.10. The summed E-state index contributed by atoms with van der Waals surface area (Å²) < 4.78 is 0. The van der Waals surface area contributed by atoms with Gasteiger partial charge in [0.15, 0.2) is 0 Å². The minimum absolute atomic E-state index is 0.348. The molecule has 1 aromatic rings. The Bertz CT molecular complexity index is 364. The topological polar surface area (TPSA) is 20.2 Å². The second-order valence-electron chi connectivity index (χ2n) is 4.82. The van der Waals surface area contributed by atoms with Crippen LogP contribution in [0.5, 0.6) is 0 Å². The smallest absolute Gasteiger partial charge is 0.0803 e. The fourth-order valence-corrected chi connectivity index (χ4v) is 3.54. The summed E-state index contributed by atoms with van der Waals surface area (Å²) in [7, 11) is 0. The molecule has 2 rings (SSSR count). The van der Waals surface area contributed by atoms with Crippen molar-refractivity contribution in [3.8, 4) is 0 Å². The Labute approximate surface area is 102 Å². The highest BCUT2D eigenvalue weighted by atomic mass is 32.2. The van der Waals surface area contributed by atoms with E-state index in [-0.39, 0.29) is 0 Å². The predicted octanol–water partition coefficient (Wildman–Crippen LogP) is 3.18. The number of hydrogen-bond donors (Lipinski definition) is 1. The average molecular weight is 236 g/mol. The maximum absolute atomic E-state index is 10.7. The zero-order chi connectivity index (χ0) is 11.6. The summed E-state index contributed by atoms with van der Waals surface area (Å²) in [5, 5.41) is 11.0. The third-order valence-electron chi connectivity index (χ3n) is 3.64. The van der Waals surface area contributed by atoms with Gasteiger partial charge in [0.25, 0.3) is 0 Å². The first-order valence-corrected chi connectivity index (χ1v) is 7.05. The van der Waals surface area contributed by atoms with Crippen LogP contribution in [0.15, 0.2) is 24.3 Å². The van der Waals surface area contributed by atoms with Crippen LogP contribution in [-0.2, 0) is 6.42 Å². The molecule has 0 aromatic heterocycles. The molecule has 2 heteroatoms. The fourth-order valence-electron chi connectivity index (χ4n) is 2.37. The summed E-state index contributed by atoms with van der Waals surface area (Å²) in [4.78, 5) is 0. The molecule has 1 nitrogen and oxygen atoms in total. The first-order chi connectivity index (χ1) is 7.62. The van der Waals surface area contributed by atoms with Gasteiger partial charge in [0.1, 0.15) is 0 Å². The molecule has 88 valence electrons. The van der Waals surface area contributed by atoms with Crippen LogP contribution in [0.2, 0.25) is 0 Å². The van der Waals surface area contributed by atoms with Gasteiger partial charge in [-0.15, -0.1) is 0 Å². The molecule has 0 aliphatic carbocycles. The van der Waals surface area contributed by atoms with Crippen LogP contribution in [0.25, 0.3) is 0 Å². The monoisotopic (exact) mass is 236 g/mol. The molecular formula is C14H20OS. The number of rotatable bonds is 2. The van der Waals surface area contributed by atoms with Crippen molar-refractivity contribution in [2.45, 2.75) is 44.0 Å². The molecule has 0 spiro atoms. The van der Waals surface area contributed by atoms with Crippen LogP contribution in [0.4, 0.5) is 0 Å². The normalized spacial score (nSPS) is 30.3. The Morgan fingerprint density at radius 3 is 2.88 bits per heavy atom. The van der Waals surface area contributed by atoms with Gasteiger partial charge in [0.05, 0.1) is 5.60 Å². The lowest BCUT2D eigenvalue weighted by Crippen LogP contribution is -2.43. The summed E-state index contributed by atoms with van der Waals surface area (Å²) in [6.45, 7) is 4.28. The van der Waals surface area contributed by atoms with Crippen molar-refractivity contribution >= 4 is 11.8 Å². The van der Waals surface area contributed by atoms with E-state index in [1.807, 2.05) is 11.8 Å². The van der Waals surface area contributed by atoms with Gasteiger partial charge in [-0.25, -0.2) is 0 Å². The van der Waals surface area contributed by atoms with Gasteiger partial charge >= 0.3 is 0 Å². The quantitative estimate of drug-likeness (QED) is 0.851. The fraction of sp³-hybridized carbons (Fsp3) is 0.571. The van der Waals surface area contributed by atoms with Crippen molar-refractivity contribution in [2.75, 3.05) is 5.75 Å². The molecule has 1 aliphatic heterocycles. The molecule has 1 aliphatic rings. The number of benzene rings is 1. The zero-order valence-electron chi connectivity index (χ0n) is 10.1. The highest BCUT2D eigenvalue weighted by Gasteiger charge is 2.36. The van der Waals surface area contributed by atoms with Gasteiger partial charge in [-0.05, 0) is 36.6 Å². The first-order valence-electron chi connectivity index (χ1n) is 6.00. The molecular weight excluding hydrogens is 216 g/mol. The second-order valence-corrected chi connectivity index (χ2v) is 6.27. The minimum Gasteiger partial charge on any atom is -0.388 e. The van der Waals surface area contributed by atoms with Crippen LogP contribution < -0.4 is 0 Å². The van der Waals surface area contributed by atoms with E-state index in [4.69, 9.17) is 0 Å². The molecule has 0 amide bonds. The molecule has 0 saturated carbocycles. The van der Waals surface area contributed by atoms with Crippen LogP contribution in [-0.4, -0.2) is 21.7 Å². The first kappa shape index (κ1) is 12.0. The Morgan fingerprint density at radius 2 is 2.19 bits per heavy atom. The SMILES string of the molecule is Cc1ccccc1CC1(O)CCCSC1C. The van der Waals surface area contributed by atoms with Gasteiger partial charge in [0, 0.05) is 11.7 Å². The van der Waals surface area contributed by atoms with Gasteiger partial charge in [-0.2, -0.15) is 11.8 Å². The van der Waals surface area contributed by atoms with Crippen molar-refractivity contribution in [2.24, 2.45) is 0 Å². The highest BCUT2D eigenvalue weighted by molar-refractivity contribution is 8.00. The van der Waals surface area contributed by atoms with Crippen molar-refractivity contribution < 1.29 is 5.11 Å². The standard InChI is InChI=1S/C14H20OS/c1-11-6-3-4-7-13(11)10-14(15)8-5-9-16-12(14)2/h3-4,6-7,12,15H,5,8-10H2,1-2H3. The van der Waals surface area contributed by atoms with E-state index < -0.39 is 5.60 Å². The Hall–Kier alpha value is -0.470. The maximum Gasteiger partial charge on any atom is 0.0803 e. The summed E-state index contributed by atoms with van der Waals surface area (Å²) in [6.07, 6.45) is 2.88. The molecule has 1 N–H and O–H groups in total. The highest BCUT2D eigenvalue weighted by Crippen LogP contribution is 2.36. The Balaban J connectivity index is 2.16. The van der Waals surface area contributed by atoms with E-state index in [0.29, 0.717) is 5.25 Å². The second kappa shape index (κ2) is 4.80. The lowest BCUT2D eigenvalue weighted by molar-refractivity contribution is 0.0296. The van der Waals surface area contributed by atoms with Gasteiger partial charge in [-0.3, -0.25) is 0 Å². The summed E-state index contributed by atoms with van der Waals surface area (Å²) in [6, 6.07) is 8.38. The van der Waals surface area contributed by atoms with Crippen molar-refractivity contribution in [3.05, 3.63) is 35.4 Å². The number of aryl methyl sites for hydroxylation is 1. The molecule has 1 aromatic carbocycles. The van der Waals surface area contributed by atoms with E-state index in [0.717, 1.165) is 19.3 Å². The molecule has 1 saturated heterocycles. The minimum atomic E-state index is -0.505. The largest absolute Gasteiger partial charge is 0.388 e. The molecule has 1 heterocycles. The van der Waals surface area contributed by atoms with Gasteiger partial charge in [-0.1, -0.05) is 31.2 Å². The van der Waals surface area contributed by atoms with Crippen LogP contribution in [0, 0.1) is 6.92 Å². The molecule has 0 bridgehead atoms. The van der Waals surface area contributed by atoms with Crippen LogP contribution in [0.1, 0.15) is 30.9 Å². The lowest BCUT2D eigenvalue weighted by atomic mass is 9.85. The molecule has 16 heavy (non-hydrogen) atoms. The van der Waals surface area contributed by atoms with Crippen molar-refractivity contribution in [1.29, 1.82) is 0 Å². The predicted molar refractivity (Wildman–Crippen MR) is 71.0 cm³/mol. The number of aliphatic hydroxyl groups is 1. The third kappa shape index (κ3) is 2.44. The Kier molecular flexibility index (Phi) is 3.60. The lowest BCUT2D eigenvalue weighted by Gasteiger charge is -2.38. The van der Waals surface area contributed by atoms with E-state index >= 15 is 0 Å². The van der Waals surface area contributed by atoms with Gasteiger partial charge in [0.2, 0.25) is 0 Å². The van der Waals surface area contributed by atoms with E-state index in [1.165, 1.54) is 16.9 Å². The maximum atomic E-state index is 10.7. The summed E-state index contributed by atoms with van der Waals surface area (Å²) >= 11 is 1.90. The zero-order valence-corrected chi connectivity index (χ0v) is 10.9. The molecule has 2 unspecified atom stereocenters. The van der Waals surface area contributed by atoms with Crippen molar-refractivity contribution in [1.82, 2.24) is 0 Å². The van der Waals surface area contributed by atoms with Gasteiger partial charge < -0.3 is 5.11 Å². The Morgan fingerprint density at radius 1 is 1.44 bits per heavy atom. The molecule has 2 atom stereocenters. The van der Waals surface area contributed by atoms with Crippen LogP contribution in [0.3, 0.4) is 0 Å². The van der Waals surface area contributed by atoms with E-state index in [1.54, 1.807) is 0 Å². The molecule has 0 radical (unpaired) electrons.